The minimum absolute atomic E-state index is 0.0412. The third-order valence-electron chi connectivity index (χ3n) is 2.84. The molecule has 0 bridgehead atoms. The fourth-order valence-electron chi connectivity index (χ4n) is 2.01. The van der Waals surface area contributed by atoms with Gasteiger partial charge in [0.2, 0.25) is 0 Å². The van der Waals surface area contributed by atoms with Gasteiger partial charge in [0.1, 0.15) is 6.07 Å². The minimum Gasteiger partial charge on any atom is -0.379 e. The molecule has 106 valence electrons. The summed E-state index contributed by atoms with van der Waals surface area (Å²) in [6.07, 6.45) is 0.956. The number of anilines is 2. The van der Waals surface area contributed by atoms with E-state index in [9.17, 15) is 8.42 Å². The fraction of sp³-hybridized carbons (Fsp3) is 0.0714. The molecule has 0 unspecified atom stereocenters. The predicted octanol–water partition coefficient (Wildman–Crippen LogP) is 3.10. The maximum atomic E-state index is 11.4. The van der Waals surface area contributed by atoms with Gasteiger partial charge in [-0.25, -0.2) is 0 Å². The summed E-state index contributed by atoms with van der Waals surface area (Å²) in [6, 6.07) is 12.9. The Morgan fingerprint density at radius 1 is 1.19 bits per heavy atom. The number of nitrogens with zero attached hydrogens (tertiary/aromatic N) is 1. The molecule has 1 aliphatic heterocycles. The lowest BCUT2D eigenvalue weighted by Gasteiger charge is -2.23. The van der Waals surface area contributed by atoms with Crippen LogP contribution in [0.1, 0.15) is 5.56 Å². The quantitative estimate of drug-likeness (QED) is 0.731. The Labute approximate surface area is 126 Å². The molecule has 0 aliphatic carbocycles. The summed E-state index contributed by atoms with van der Waals surface area (Å²) in [4.78, 5) is 1.84. The van der Waals surface area contributed by atoms with Crippen molar-refractivity contribution in [3.63, 3.8) is 0 Å². The molecule has 3 rings (SSSR count). The molecule has 0 saturated carbocycles. The van der Waals surface area contributed by atoms with Crippen LogP contribution in [0.3, 0.4) is 0 Å². The number of hydrogen-bond acceptors (Lipinski definition) is 6. The van der Waals surface area contributed by atoms with Gasteiger partial charge < -0.3 is 9.50 Å². The van der Waals surface area contributed by atoms with Crippen molar-refractivity contribution < 1.29 is 12.6 Å². The van der Waals surface area contributed by atoms with E-state index in [4.69, 9.17) is 9.44 Å². The monoisotopic (exact) mass is 318 g/mol. The van der Waals surface area contributed by atoms with Crippen LogP contribution in [0.2, 0.25) is 0 Å². The lowest BCUT2D eigenvalue weighted by Crippen LogP contribution is -2.10. The fourth-order valence-corrected chi connectivity index (χ4v) is 3.48. The van der Waals surface area contributed by atoms with Crippen LogP contribution in [-0.4, -0.2) is 14.7 Å². The molecule has 2 aromatic rings. The molecule has 0 radical (unpaired) electrons. The van der Waals surface area contributed by atoms with Gasteiger partial charge in [-0.05, 0) is 24.3 Å². The molecular formula is C14H10N2O3S2. The molecule has 0 amide bonds. The van der Waals surface area contributed by atoms with E-state index in [1.807, 2.05) is 30.3 Å². The molecule has 1 aliphatic rings. The zero-order chi connectivity index (χ0) is 15.0. The van der Waals surface area contributed by atoms with Crippen molar-refractivity contribution in [1.29, 1.82) is 5.26 Å². The van der Waals surface area contributed by atoms with Crippen LogP contribution < -0.4 is 9.50 Å². The number of hydrogen-bond donors (Lipinski definition) is 1. The molecule has 5 nitrogen and oxygen atoms in total. The van der Waals surface area contributed by atoms with Crippen LogP contribution in [0, 0.1) is 11.3 Å². The third kappa shape index (κ3) is 2.68. The van der Waals surface area contributed by atoms with Gasteiger partial charge in [0, 0.05) is 9.79 Å². The van der Waals surface area contributed by atoms with Crippen molar-refractivity contribution in [2.24, 2.45) is 0 Å². The zero-order valence-electron chi connectivity index (χ0n) is 11.0. The number of benzene rings is 2. The highest BCUT2D eigenvalue weighted by Gasteiger charge is 2.23. The van der Waals surface area contributed by atoms with Crippen molar-refractivity contribution in [3.05, 3.63) is 42.0 Å². The highest BCUT2D eigenvalue weighted by molar-refractivity contribution is 7.99. The molecule has 2 aromatic carbocycles. The third-order valence-corrected chi connectivity index (χ3v) is 4.45. The molecule has 0 saturated heterocycles. The largest absolute Gasteiger partial charge is 0.379 e. The van der Waals surface area contributed by atoms with Crippen LogP contribution >= 0.6 is 11.8 Å². The highest BCUT2D eigenvalue weighted by atomic mass is 32.2. The average molecular weight is 318 g/mol. The Bertz CT molecular complexity index is 870. The first-order chi connectivity index (χ1) is 9.98. The number of nitriles is 1. The van der Waals surface area contributed by atoms with Crippen molar-refractivity contribution in [2.75, 3.05) is 11.6 Å². The van der Waals surface area contributed by atoms with E-state index in [0.29, 0.717) is 5.69 Å². The number of nitrogens with one attached hydrogen (secondary N) is 1. The Morgan fingerprint density at radius 3 is 2.67 bits per heavy atom. The first-order valence-electron chi connectivity index (χ1n) is 5.98. The molecule has 21 heavy (non-hydrogen) atoms. The Morgan fingerprint density at radius 2 is 1.95 bits per heavy atom. The summed E-state index contributed by atoms with van der Waals surface area (Å²) in [7, 11) is -3.72. The van der Waals surface area contributed by atoms with Gasteiger partial charge >= 0.3 is 10.1 Å². The van der Waals surface area contributed by atoms with Crippen molar-refractivity contribution in [3.8, 4) is 11.8 Å². The van der Waals surface area contributed by atoms with E-state index in [1.54, 1.807) is 12.1 Å². The van der Waals surface area contributed by atoms with Crippen LogP contribution in [-0.2, 0) is 10.1 Å². The van der Waals surface area contributed by atoms with E-state index in [1.165, 1.54) is 11.8 Å². The van der Waals surface area contributed by atoms with Gasteiger partial charge in [-0.2, -0.15) is 13.7 Å². The topological polar surface area (TPSA) is 79.2 Å². The summed E-state index contributed by atoms with van der Waals surface area (Å²) in [5.74, 6) is 0.0412. The van der Waals surface area contributed by atoms with Gasteiger partial charge in [0.05, 0.1) is 23.2 Å². The number of fused-ring (bicyclic) bond motifs is 2. The Kier molecular flexibility index (Phi) is 3.27. The Hall–Kier alpha value is -2.17. The SMILES string of the molecule is CS(=O)(=O)Oc1c(C#N)ccc2c1Nc1ccccc1S2. The molecule has 0 atom stereocenters. The Balaban J connectivity index is 2.16. The standard InChI is InChI=1S/C14H10N2O3S2/c1-21(17,18)19-14-9(8-15)6-7-12-13(14)16-10-4-2-3-5-11(10)20-12/h2-7,16H,1H3. The summed E-state index contributed by atoms with van der Waals surface area (Å²) in [5.41, 5.74) is 1.53. The van der Waals surface area contributed by atoms with Crippen LogP contribution in [0.4, 0.5) is 11.4 Å². The second-order valence-corrected chi connectivity index (χ2v) is 7.10. The summed E-state index contributed by atoms with van der Waals surface area (Å²) >= 11 is 1.50. The summed E-state index contributed by atoms with van der Waals surface area (Å²) < 4.78 is 27.9. The average Bonchev–Trinajstić information content (AvgIpc) is 2.44. The first kappa shape index (κ1) is 13.8. The molecule has 1 N–H and O–H groups in total. The van der Waals surface area contributed by atoms with Gasteiger partial charge in [-0.3, -0.25) is 0 Å². The molecule has 0 fully saturated rings. The predicted molar refractivity (Wildman–Crippen MR) is 80.5 cm³/mol. The zero-order valence-corrected chi connectivity index (χ0v) is 12.6. The molecular weight excluding hydrogens is 308 g/mol. The second-order valence-electron chi connectivity index (χ2n) is 4.44. The first-order valence-corrected chi connectivity index (χ1v) is 8.62. The molecule has 0 aromatic heterocycles. The lowest BCUT2D eigenvalue weighted by atomic mass is 10.1. The van der Waals surface area contributed by atoms with E-state index in [2.05, 4.69) is 5.32 Å². The smallest absolute Gasteiger partial charge is 0.306 e. The number of rotatable bonds is 2. The van der Waals surface area contributed by atoms with Gasteiger partial charge in [-0.15, -0.1) is 0 Å². The van der Waals surface area contributed by atoms with E-state index in [0.717, 1.165) is 21.7 Å². The molecule has 7 heteroatoms. The van der Waals surface area contributed by atoms with Crippen molar-refractivity contribution in [1.82, 2.24) is 0 Å². The van der Waals surface area contributed by atoms with E-state index in [-0.39, 0.29) is 11.3 Å². The van der Waals surface area contributed by atoms with Crippen LogP contribution in [0.5, 0.6) is 5.75 Å². The lowest BCUT2D eigenvalue weighted by molar-refractivity contribution is 0.492. The maximum absolute atomic E-state index is 11.4. The van der Waals surface area contributed by atoms with E-state index < -0.39 is 10.1 Å². The van der Waals surface area contributed by atoms with Crippen molar-refractivity contribution in [2.45, 2.75) is 9.79 Å². The molecule has 0 spiro atoms. The maximum Gasteiger partial charge on any atom is 0.306 e. The van der Waals surface area contributed by atoms with Crippen LogP contribution in [0.15, 0.2) is 46.2 Å². The van der Waals surface area contributed by atoms with E-state index >= 15 is 0 Å². The van der Waals surface area contributed by atoms with Crippen molar-refractivity contribution >= 4 is 33.3 Å². The van der Waals surface area contributed by atoms with Gasteiger partial charge in [0.15, 0.2) is 5.75 Å². The minimum atomic E-state index is -3.72. The summed E-state index contributed by atoms with van der Waals surface area (Å²) in [6.45, 7) is 0. The normalized spacial score (nSPS) is 12.6. The number of para-hydroxylation sites is 1. The molecule has 1 heterocycles. The second kappa shape index (κ2) is 4.98. The highest BCUT2D eigenvalue weighted by Crippen LogP contribution is 2.49. The summed E-state index contributed by atoms with van der Waals surface area (Å²) in [5, 5.41) is 12.3. The van der Waals surface area contributed by atoms with Gasteiger partial charge in [-0.1, -0.05) is 23.9 Å². The van der Waals surface area contributed by atoms with Gasteiger partial charge in [0.25, 0.3) is 0 Å². The van der Waals surface area contributed by atoms with Crippen LogP contribution in [0.25, 0.3) is 0 Å².